The van der Waals surface area contributed by atoms with E-state index in [2.05, 4.69) is 5.10 Å². The molecule has 3 aromatic rings. The summed E-state index contributed by atoms with van der Waals surface area (Å²) in [7, 11) is 0. The van der Waals surface area contributed by atoms with Gasteiger partial charge >= 0.3 is 0 Å². The van der Waals surface area contributed by atoms with E-state index in [0.29, 0.717) is 30.0 Å². The zero-order valence-corrected chi connectivity index (χ0v) is 17.0. The van der Waals surface area contributed by atoms with Crippen molar-refractivity contribution in [1.29, 1.82) is 0 Å². The van der Waals surface area contributed by atoms with Crippen molar-refractivity contribution in [3.05, 3.63) is 71.7 Å². The average molecular weight is 415 g/mol. The van der Waals surface area contributed by atoms with Crippen molar-refractivity contribution >= 4 is 18.3 Å². The summed E-state index contributed by atoms with van der Waals surface area (Å²) in [4.78, 5) is 15.1. The Morgan fingerprint density at radius 3 is 2.48 bits per heavy atom. The lowest BCUT2D eigenvalue weighted by Gasteiger charge is -2.30. The molecule has 0 radical (unpaired) electrons. The van der Waals surface area contributed by atoms with Crippen LogP contribution < -0.4 is 5.73 Å². The fraction of sp³-hybridized carbons (Fsp3) is 0.273. The van der Waals surface area contributed by atoms with Crippen molar-refractivity contribution in [2.75, 3.05) is 13.1 Å². The number of aromatic nitrogens is 2. The Labute approximate surface area is 175 Å². The van der Waals surface area contributed by atoms with Crippen LogP contribution in [-0.2, 0) is 0 Å². The van der Waals surface area contributed by atoms with Crippen LogP contribution in [-0.4, -0.2) is 39.7 Å². The number of hydrogen-bond acceptors (Lipinski definition) is 3. The second kappa shape index (κ2) is 8.76. The SMILES string of the molecule is Cc1cccc(-c2nn(-c3ccc(F)cc3)cc2C(=O)N2CCC(N)CC2)c1.Cl. The van der Waals surface area contributed by atoms with Crippen LogP contribution in [0.3, 0.4) is 0 Å². The topological polar surface area (TPSA) is 64.2 Å². The van der Waals surface area contributed by atoms with Gasteiger partial charge in [0.25, 0.3) is 5.91 Å². The molecule has 0 unspecified atom stereocenters. The van der Waals surface area contributed by atoms with Crippen molar-refractivity contribution in [3.8, 4) is 16.9 Å². The van der Waals surface area contributed by atoms with E-state index in [1.807, 2.05) is 36.1 Å². The van der Waals surface area contributed by atoms with E-state index in [1.165, 1.54) is 12.1 Å². The molecule has 0 aliphatic carbocycles. The van der Waals surface area contributed by atoms with Crippen LogP contribution in [0.2, 0.25) is 0 Å². The number of carbonyl (C=O) groups is 1. The van der Waals surface area contributed by atoms with Gasteiger partial charge in [0.1, 0.15) is 11.5 Å². The molecule has 0 atom stereocenters. The summed E-state index contributed by atoms with van der Waals surface area (Å²) in [5.74, 6) is -0.354. The molecule has 1 saturated heterocycles. The molecule has 29 heavy (non-hydrogen) atoms. The van der Waals surface area contributed by atoms with Gasteiger partial charge in [0, 0.05) is 30.9 Å². The van der Waals surface area contributed by atoms with E-state index in [-0.39, 0.29) is 30.2 Å². The third kappa shape index (κ3) is 4.49. The van der Waals surface area contributed by atoms with Crippen LogP contribution in [0.15, 0.2) is 54.7 Å². The predicted octanol–water partition coefficient (Wildman–Crippen LogP) is 3.97. The maximum absolute atomic E-state index is 13.3. The maximum Gasteiger partial charge on any atom is 0.257 e. The number of benzene rings is 2. The average Bonchev–Trinajstić information content (AvgIpc) is 3.14. The molecule has 1 aliphatic rings. The standard InChI is InChI=1S/C22H23FN4O.ClH/c1-15-3-2-4-16(13-15)21-20(22(28)26-11-9-18(24)10-12-26)14-27(25-21)19-7-5-17(23)6-8-19;/h2-8,13-14,18H,9-12,24H2,1H3;1H. The lowest BCUT2D eigenvalue weighted by Crippen LogP contribution is -2.42. The van der Waals surface area contributed by atoms with Gasteiger partial charge in [0.2, 0.25) is 0 Å². The first-order valence-electron chi connectivity index (χ1n) is 9.49. The van der Waals surface area contributed by atoms with E-state index in [9.17, 15) is 9.18 Å². The van der Waals surface area contributed by atoms with Crippen molar-refractivity contribution in [2.24, 2.45) is 5.73 Å². The molecule has 0 bridgehead atoms. The zero-order valence-electron chi connectivity index (χ0n) is 16.2. The fourth-order valence-electron chi connectivity index (χ4n) is 3.53. The van der Waals surface area contributed by atoms with Gasteiger partial charge in [-0.2, -0.15) is 5.10 Å². The molecule has 5 nitrogen and oxygen atoms in total. The number of amides is 1. The summed E-state index contributed by atoms with van der Waals surface area (Å²) in [5.41, 5.74) is 9.84. The van der Waals surface area contributed by atoms with Gasteiger partial charge in [0.05, 0.1) is 11.3 Å². The quantitative estimate of drug-likeness (QED) is 0.705. The van der Waals surface area contributed by atoms with Gasteiger partial charge in [0.15, 0.2) is 0 Å². The molecule has 2 aromatic carbocycles. The predicted molar refractivity (Wildman–Crippen MR) is 114 cm³/mol. The van der Waals surface area contributed by atoms with Crippen LogP contribution >= 0.6 is 12.4 Å². The first-order valence-corrected chi connectivity index (χ1v) is 9.49. The van der Waals surface area contributed by atoms with Gasteiger partial charge < -0.3 is 10.6 Å². The molecule has 4 rings (SSSR count). The van der Waals surface area contributed by atoms with Crippen LogP contribution in [0.5, 0.6) is 0 Å². The highest BCUT2D eigenvalue weighted by molar-refractivity contribution is 6.00. The minimum atomic E-state index is -0.309. The molecule has 1 amide bonds. The highest BCUT2D eigenvalue weighted by atomic mass is 35.5. The van der Waals surface area contributed by atoms with Crippen molar-refractivity contribution < 1.29 is 9.18 Å². The smallest absolute Gasteiger partial charge is 0.257 e. The molecular formula is C22H24ClFN4O. The van der Waals surface area contributed by atoms with Crippen molar-refractivity contribution in [3.63, 3.8) is 0 Å². The van der Waals surface area contributed by atoms with Crippen molar-refractivity contribution in [1.82, 2.24) is 14.7 Å². The number of likely N-dealkylation sites (tertiary alicyclic amines) is 1. The van der Waals surface area contributed by atoms with Gasteiger partial charge in [-0.3, -0.25) is 4.79 Å². The van der Waals surface area contributed by atoms with E-state index in [1.54, 1.807) is 23.0 Å². The summed E-state index contributed by atoms with van der Waals surface area (Å²) in [6.07, 6.45) is 3.34. The van der Waals surface area contributed by atoms with E-state index < -0.39 is 0 Å². The minimum absolute atomic E-state index is 0. The molecule has 2 N–H and O–H groups in total. The second-order valence-electron chi connectivity index (χ2n) is 7.31. The third-order valence-electron chi connectivity index (χ3n) is 5.15. The summed E-state index contributed by atoms with van der Waals surface area (Å²) in [6, 6.07) is 14.2. The minimum Gasteiger partial charge on any atom is -0.338 e. The maximum atomic E-state index is 13.3. The Morgan fingerprint density at radius 1 is 1.14 bits per heavy atom. The number of hydrogen-bond donors (Lipinski definition) is 1. The lowest BCUT2D eigenvalue weighted by molar-refractivity contribution is 0.0715. The Morgan fingerprint density at radius 2 is 1.83 bits per heavy atom. The van der Waals surface area contributed by atoms with Gasteiger partial charge in [-0.25, -0.2) is 9.07 Å². The third-order valence-corrected chi connectivity index (χ3v) is 5.15. The molecule has 1 aromatic heterocycles. The Kier molecular flexibility index (Phi) is 6.35. The van der Waals surface area contributed by atoms with Gasteiger partial charge in [-0.05, 0) is 50.1 Å². The van der Waals surface area contributed by atoms with E-state index in [4.69, 9.17) is 5.73 Å². The van der Waals surface area contributed by atoms with Gasteiger partial charge in [-0.1, -0.05) is 23.8 Å². The number of aryl methyl sites for hydroxylation is 1. The summed E-state index contributed by atoms with van der Waals surface area (Å²) in [5, 5.41) is 4.67. The Balaban J connectivity index is 0.00000240. The largest absolute Gasteiger partial charge is 0.338 e. The molecule has 1 aliphatic heterocycles. The van der Waals surface area contributed by atoms with Crippen molar-refractivity contribution in [2.45, 2.75) is 25.8 Å². The highest BCUT2D eigenvalue weighted by Gasteiger charge is 2.26. The summed E-state index contributed by atoms with van der Waals surface area (Å²) >= 11 is 0. The van der Waals surface area contributed by atoms with Gasteiger partial charge in [-0.15, -0.1) is 12.4 Å². The lowest BCUT2D eigenvalue weighted by atomic mass is 10.0. The van der Waals surface area contributed by atoms with E-state index >= 15 is 0 Å². The number of nitrogens with two attached hydrogens (primary N) is 1. The molecule has 7 heteroatoms. The summed E-state index contributed by atoms with van der Waals surface area (Å²) < 4.78 is 14.9. The molecular weight excluding hydrogens is 391 g/mol. The van der Waals surface area contributed by atoms with Crippen LogP contribution in [0, 0.1) is 12.7 Å². The summed E-state index contributed by atoms with van der Waals surface area (Å²) in [6.45, 7) is 3.30. The molecule has 1 fully saturated rings. The first kappa shape index (κ1) is 21.0. The second-order valence-corrected chi connectivity index (χ2v) is 7.31. The molecule has 0 spiro atoms. The highest BCUT2D eigenvalue weighted by Crippen LogP contribution is 2.26. The fourth-order valence-corrected chi connectivity index (χ4v) is 3.53. The Hall–Kier alpha value is -2.70. The number of nitrogens with zero attached hydrogens (tertiary/aromatic N) is 3. The normalized spacial score (nSPS) is 14.5. The molecule has 0 saturated carbocycles. The number of rotatable bonds is 3. The Bertz CT molecular complexity index is 994. The van der Waals surface area contributed by atoms with Crippen LogP contribution in [0.25, 0.3) is 16.9 Å². The zero-order chi connectivity index (χ0) is 19.7. The molecule has 152 valence electrons. The number of halogens is 2. The van der Waals surface area contributed by atoms with Crippen LogP contribution in [0.1, 0.15) is 28.8 Å². The molecule has 2 heterocycles. The monoisotopic (exact) mass is 414 g/mol. The number of piperidine rings is 1. The first-order chi connectivity index (χ1) is 13.5. The van der Waals surface area contributed by atoms with Crippen LogP contribution in [0.4, 0.5) is 4.39 Å². The number of carbonyl (C=O) groups excluding carboxylic acids is 1. The van der Waals surface area contributed by atoms with E-state index in [0.717, 1.165) is 24.0 Å².